The average molecular weight is 413 g/mol. The summed E-state index contributed by atoms with van der Waals surface area (Å²) in [6, 6.07) is 10.4. The molecule has 24 heavy (non-hydrogen) atoms. The van der Waals surface area contributed by atoms with Gasteiger partial charge in [0.25, 0.3) is 5.91 Å². The third-order valence-electron chi connectivity index (χ3n) is 3.66. The summed E-state index contributed by atoms with van der Waals surface area (Å²) in [5.74, 6) is 1.01. The van der Waals surface area contributed by atoms with Crippen LogP contribution in [0, 0.1) is 0 Å². The Bertz CT molecular complexity index is 768. The molecule has 0 radical (unpaired) electrons. The van der Waals surface area contributed by atoms with Gasteiger partial charge < -0.3 is 19.9 Å². The first-order chi connectivity index (χ1) is 11.5. The van der Waals surface area contributed by atoms with E-state index in [0.717, 1.165) is 4.47 Å². The number of hydrogen-bond acceptors (Lipinski definition) is 4. The minimum atomic E-state index is -0.710. The van der Waals surface area contributed by atoms with Crippen LogP contribution in [0.5, 0.6) is 11.5 Å². The zero-order valence-electron chi connectivity index (χ0n) is 12.6. The van der Waals surface area contributed by atoms with E-state index in [0.29, 0.717) is 40.6 Å². The molecule has 3 rings (SSSR count). The molecule has 2 aromatic carbocycles. The van der Waals surface area contributed by atoms with Crippen molar-refractivity contribution in [3.8, 4) is 11.5 Å². The molecule has 2 N–H and O–H groups in total. The van der Waals surface area contributed by atoms with Crippen LogP contribution >= 0.6 is 27.5 Å². The Balaban J connectivity index is 1.56. The van der Waals surface area contributed by atoms with Crippen molar-refractivity contribution < 1.29 is 19.4 Å². The van der Waals surface area contributed by atoms with E-state index in [9.17, 15) is 9.90 Å². The normalized spacial score (nSPS) is 13.6. The molecule has 1 heterocycles. The van der Waals surface area contributed by atoms with Crippen molar-refractivity contribution in [1.29, 1.82) is 0 Å². The fourth-order valence-electron chi connectivity index (χ4n) is 2.38. The molecule has 7 heteroatoms. The van der Waals surface area contributed by atoms with E-state index < -0.39 is 6.10 Å². The summed E-state index contributed by atoms with van der Waals surface area (Å²) >= 11 is 9.34. The molecule has 0 aliphatic carbocycles. The molecule has 2 aromatic rings. The Morgan fingerprint density at radius 1 is 1.25 bits per heavy atom. The predicted molar refractivity (Wildman–Crippen MR) is 93.6 cm³/mol. The van der Waals surface area contributed by atoms with Crippen molar-refractivity contribution >= 4 is 33.4 Å². The minimum Gasteiger partial charge on any atom is -0.454 e. The lowest BCUT2D eigenvalue weighted by Crippen LogP contribution is -2.26. The lowest BCUT2D eigenvalue weighted by molar-refractivity contribution is 0.0942. The molecule has 1 unspecified atom stereocenters. The summed E-state index contributed by atoms with van der Waals surface area (Å²) in [5.41, 5.74) is 1.11. The maximum Gasteiger partial charge on any atom is 0.252 e. The quantitative estimate of drug-likeness (QED) is 0.786. The van der Waals surface area contributed by atoms with Gasteiger partial charge in [0.1, 0.15) is 0 Å². The molecule has 0 fully saturated rings. The number of fused-ring (bicyclic) bond motifs is 1. The number of amides is 1. The molecule has 1 amide bonds. The first-order valence-electron chi connectivity index (χ1n) is 7.35. The molecule has 0 bridgehead atoms. The number of halogens is 2. The minimum absolute atomic E-state index is 0.193. The Morgan fingerprint density at radius 2 is 2.04 bits per heavy atom. The molecule has 126 valence electrons. The highest BCUT2D eigenvalue weighted by molar-refractivity contribution is 9.10. The van der Waals surface area contributed by atoms with Crippen molar-refractivity contribution in [2.24, 2.45) is 0 Å². The first kappa shape index (κ1) is 17.1. The van der Waals surface area contributed by atoms with Gasteiger partial charge in [-0.15, -0.1) is 0 Å². The Kier molecular flexibility index (Phi) is 5.28. The largest absolute Gasteiger partial charge is 0.454 e. The van der Waals surface area contributed by atoms with E-state index >= 15 is 0 Å². The number of aliphatic hydroxyl groups is 1. The van der Waals surface area contributed by atoms with E-state index in [2.05, 4.69) is 21.2 Å². The molecule has 0 aromatic heterocycles. The highest BCUT2D eigenvalue weighted by atomic mass is 79.9. The van der Waals surface area contributed by atoms with Crippen molar-refractivity contribution in [3.05, 3.63) is 57.0 Å². The molecule has 1 atom stereocenters. The lowest BCUT2D eigenvalue weighted by Gasteiger charge is -2.13. The molecule has 1 aliphatic rings. The summed E-state index contributed by atoms with van der Waals surface area (Å²) in [6.45, 7) is 0.510. The fraction of sp³-hybridized carbons (Fsp3) is 0.235. The second-order valence-corrected chi connectivity index (χ2v) is 6.62. The van der Waals surface area contributed by atoms with Crippen LogP contribution < -0.4 is 14.8 Å². The van der Waals surface area contributed by atoms with Gasteiger partial charge in [-0.2, -0.15) is 0 Å². The van der Waals surface area contributed by atoms with Gasteiger partial charge in [0.2, 0.25) is 6.79 Å². The van der Waals surface area contributed by atoms with E-state index in [-0.39, 0.29) is 12.7 Å². The number of carbonyl (C=O) groups excluding carboxylic acids is 1. The Hall–Kier alpha value is -1.76. The molecule has 1 aliphatic heterocycles. The summed E-state index contributed by atoms with van der Waals surface area (Å²) in [7, 11) is 0. The van der Waals surface area contributed by atoms with E-state index in [1.807, 2.05) is 0 Å². The van der Waals surface area contributed by atoms with Crippen LogP contribution in [0.25, 0.3) is 0 Å². The number of carbonyl (C=O) groups is 1. The molecular formula is C17H15BrClNO4. The highest BCUT2D eigenvalue weighted by Crippen LogP contribution is 2.34. The SMILES string of the molecule is O=C(NCCC(O)c1ccc2c(c1)OCO2)c1cc(Br)ccc1Cl. The monoisotopic (exact) mass is 411 g/mol. The number of hydrogen-bond donors (Lipinski definition) is 2. The number of benzene rings is 2. The molecule has 0 saturated heterocycles. The van der Waals surface area contributed by atoms with Gasteiger partial charge in [-0.05, 0) is 42.3 Å². The van der Waals surface area contributed by atoms with E-state index in [1.165, 1.54) is 0 Å². The third kappa shape index (κ3) is 3.83. The van der Waals surface area contributed by atoms with Crippen LogP contribution in [0.4, 0.5) is 0 Å². The van der Waals surface area contributed by atoms with Gasteiger partial charge in [0.05, 0.1) is 16.7 Å². The molecular weight excluding hydrogens is 398 g/mol. The van der Waals surface area contributed by atoms with Crippen LogP contribution in [0.2, 0.25) is 5.02 Å². The standard InChI is InChI=1S/C17H15BrClNO4/c18-11-2-3-13(19)12(8-11)17(22)20-6-5-14(21)10-1-4-15-16(7-10)24-9-23-15/h1-4,7-8,14,21H,5-6,9H2,(H,20,22). The van der Waals surface area contributed by atoms with Crippen LogP contribution in [0.3, 0.4) is 0 Å². The lowest BCUT2D eigenvalue weighted by atomic mass is 10.1. The summed E-state index contributed by atoms with van der Waals surface area (Å²) in [6.07, 6.45) is -0.338. The number of ether oxygens (including phenoxy) is 2. The Morgan fingerprint density at radius 3 is 2.88 bits per heavy atom. The molecule has 0 saturated carbocycles. The first-order valence-corrected chi connectivity index (χ1v) is 8.52. The summed E-state index contributed by atoms with van der Waals surface area (Å²) in [4.78, 5) is 12.2. The fourth-order valence-corrected chi connectivity index (χ4v) is 2.94. The predicted octanol–water partition coefficient (Wildman–Crippen LogP) is 3.68. The molecule has 5 nitrogen and oxygen atoms in total. The highest BCUT2D eigenvalue weighted by Gasteiger charge is 2.17. The average Bonchev–Trinajstić information content (AvgIpc) is 3.04. The topological polar surface area (TPSA) is 67.8 Å². The van der Waals surface area contributed by atoms with Gasteiger partial charge in [-0.25, -0.2) is 0 Å². The third-order valence-corrected chi connectivity index (χ3v) is 4.48. The van der Waals surface area contributed by atoms with Gasteiger partial charge in [-0.1, -0.05) is 33.6 Å². The van der Waals surface area contributed by atoms with Crippen LogP contribution in [0.1, 0.15) is 28.4 Å². The van der Waals surface area contributed by atoms with Crippen molar-refractivity contribution in [2.45, 2.75) is 12.5 Å². The molecule has 0 spiro atoms. The van der Waals surface area contributed by atoms with E-state index in [4.69, 9.17) is 21.1 Å². The van der Waals surface area contributed by atoms with Gasteiger partial charge in [0.15, 0.2) is 11.5 Å². The van der Waals surface area contributed by atoms with Crippen LogP contribution in [0.15, 0.2) is 40.9 Å². The zero-order chi connectivity index (χ0) is 17.1. The second-order valence-electron chi connectivity index (χ2n) is 5.30. The smallest absolute Gasteiger partial charge is 0.252 e. The number of rotatable bonds is 5. The maximum atomic E-state index is 12.2. The van der Waals surface area contributed by atoms with Gasteiger partial charge in [0, 0.05) is 11.0 Å². The number of aliphatic hydroxyl groups excluding tert-OH is 1. The van der Waals surface area contributed by atoms with Gasteiger partial charge in [-0.3, -0.25) is 4.79 Å². The summed E-state index contributed by atoms with van der Waals surface area (Å²) in [5, 5.41) is 13.4. The van der Waals surface area contributed by atoms with Crippen molar-refractivity contribution in [2.75, 3.05) is 13.3 Å². The van der Waals surface area contributed by atoms with Crippen LogP contribution in [-0.2, 0) is 0 Å². The summed E-state index contributed by atoms with van der Waals surface area (Å²) < 4.78 is 11.3. The van der Waals surface area contributed by atoms with Crippen LogP contribution in [-0.4, -0.2) is 24.4 Å². The zero-order valence-corrected chi connectivity index (χ0v) is 14.9. The van der Waals surface area contributed by atoms with E-state index in [1.54, 1.807) is 36.4 Å². The number of nitrogens with one attached hydrogen (secondary N) is 1. The van der Waals surface area contributed by atoms with Crippen molar-refractivity contribution in [1.82, 2.24) is 5.32 Å². The van der Waals surface area contributed by atoms with Crippen molar-refractivity contribution in [3.63, 3.8) is 0 Å². The van der Waals surface area contributed by atoms with Gasteiger partial charge >= 0.3 is 0 Å². The maximum absolute atomic E-state index is 12.2. The second kappa shape index (κ2) is 7.42. The Labute approximate surface area is 152 Å².